The predicted molar refractivity (Wildman–Crippen MR) is 222 cm³/mol. The first kappa shape index (κ1) is 54.2. The van der Waals surface area contributed by atoms with Crippen LogP contribution in [0.2, 0.25) is 0 Å². The van der Waals surface area contributed by atoms with Crippen LogP contribution in [0.25, 0.3) is 10.8 Å². The summed E-state index contributed by atoms with van der Waals surface area (Å²) in [7, 11) is -9.82. The van der Waals surface area contributed by atoms with Gasteiger partial charge in [0.2, 0.25) is 0 Å². The highest BCUT2D eigenvalue weighted by Crippen LogP contribution is 2.38. The standard InChI is InChI=1S/C28H44O6S2.2C6H15NO3/c1-21(2)15-9-5-7-11-17-23-24-18-13-14-20-26(24)28(36(32,33)34)27(35(29,30)31)25(23)19-12-8-6-10-16-22(3)4;2*8-4-1-7(2-5-9)3-6-10/h13-14,18,20-22H,5-12,15-17,19H2,1-4H3,(H,29,30,31)(H,32,33,34);2*8-10H,1-6H2. The number of aliphatic hydroxyl groups excluding tert-OH is 6. The molecule has 328 valence electrons. The van der Waals surface area contributed by atoms with Crippen LogP contribution in [-0.2, 0) is 33.1 Å². The third kappa shape index (κ3) is 23.0. The number of unbranched alkanes of at least 4 members (excludes halogenated alkanes) is 6. The summed E-state index contributed by atoms with van der Waals surface area (Å²) in [6.07, 6.45) is 10.9. The minimum atomic E-state index is -4.91. The monoisotopic (exact) mass is 838 g/mol. The van der Waals surface area contributed by atoms with Crippen LogP contribution in [0.15, 0.2) is 34.1 Å². The fourth-order valence-electron chi connectivity index (χ4n) is 6.52. The Kier molecular flexibility index (Phi) is 30.2. The molecule has 0 atom stereocenters. The van der Waals surface area contributed by atoms with Crippen molar-refractivity contribution >= 4 is 31.0 Å². The Morgan fingerprint density at radius 1 is 0.464 bits per heavy atom. The molecule has 16 heteroatoms. The second kappa shape index (κ2) is 31.2. The molecule has 0 aromatic heterocycles. The lowest BCUT2D eigenvalue weighted by molar-refractivity contribution is 0.136. The average molecular weight is 839 g/mol. The maximum Gasteiger partial charge on any atom is 0.296 e. The first-order chi connectivity index (χ1) is 26.5. The number of hydrogen-bond acceptors (Lipinski definition) is 12. The summed E-state index contributed by atoms with van der Waals surface area (Å²) in [6.45, 7) is 12.3. The topological polar surface area (TPSA) is 237 Å². The molecule has 2 aromatic carbocycles. The van der Waals surface area contributed by atoms with Crippen molar-refractivity contribution in [1.82, 2.24) is 9.80 Å². The Labute approximate surface area is 337 Å². The first-order valence-electron chi connectivity index (χ1n) is 20.1. The normalized spacial score (nSPS) is 12.1. The molecule has 0 aliphatic heterocycles. The summed E-state index contributed by atoms with van der Waals surface area (Å²) in [4.78, 5) is 2.22. The molecule has 0 spiro atoms. The van der Waals surface area contributed by atoms with Crippen molar-refractivity contribution in [3.63, 3.8) is 0 Å². The van der Waals surface area contributed by atoms with Gasteiger partial charge in [0.1, 0.15) is 9.79 Å². The van der Waals surface area contributed by atoms with Gasteiger partial charge in [-0.1, -0.05) is 103 Å². The molecule has 0 aliphatic carbocycles. The number of hydrogen-bond donors (Lipinski definition) is 8. The molecular formula is C40H74N2O12S2. The highest BCUT2D eigenvalue weighted by Gasteiger charge is 2.32. The van der Waals surface area contributed by atoms with Gasteiger partial charge in [0.25, 0.3) is 20.2 Å². The van der Waals surface area contributed by atoms with Gasteiger partial charge in [-0.25, -0.2) is 0 Å². The molecule has 56 heavy (non-hydrogen) atoms. The van der Waals surface area contributed by atoms with Crippen LogP contribution in [0.4, 0.5) is 0 Å². The molecule has 0 saturated carbocycles. The molecule has 0 heterocycles. The number of fused-ring (bicyclic) bond motifs is 1. The summed E-state index contributed by atoms with van der Waals surface area (Å²) >= 11 is 0. The van der Waals surface area contributed by atoms with E-state index in [9.17, 15) is 25.9 Å². The van der Waals surface area contributed by atoms with Crippen molar-refractivity contribution in [2.75, 3.05) is 78.9 Å². The van der Waals surface area contributed by atoms with E-state index >= 15 is 0 Å². The van der Waals surface area contributed by atoms with E-state index in [4.69, 9.17) is 30.6 Å². The number of aliphatic hydroxyl groups is 6. The van der Waals surface area contributed by atoms with E-state index in [1.54, 1.807) is 28.0 Å². The van der Waals surface area contributed by atoms with E-state index in [-0.39, 0.29) is 45.0 Å². The Morgan fingerprint density at radius 2 is 0.786 bits per heavy atom. The first-order valence-corrected chi connectivity index (χ1v) is 23.0. The molecule has 0 fully saturated rings. The Morgan fingerprint density at radius 3 is 1.11 bits per heavy atom. The zero-order valence-electron chi connectivity index (χ0n) is 34.4. The zero-order valence-corrected chi connectivity index (χ0v) is 36.0. The highest BCUT2D eigenvalue weighted by atomic mass is 32.2. The maximum absolute atomic E-state index is 12.6. The SMILES string of the molecule is CC(C)CCCCCCc1c(S(=O)(=O)O)c(S(=O)(=O)O)c2ccccc2c1CCCCCCC(C)C.OCCN(CCO)CCO.OCCN(CCO)CCO. The Bertz CT molecular complexity index is 1480. The minimum Gasteiger partial charge on any atom is -0.395 e. The largest absolute Gasteiger partial charge is 0.395 e. The van der Waals surface area contributed by atoms with Crippen molar-refractivity contribution in [1.29, 1.82) is 0 Å². The van der Waals surface area contributed by atoms with Crippen molar-refractivity contribution in [2.24, 2.45) is 11.8 Å². The Hall–Kier alpha value is -1.80. The van der Waals surface area contributed by atoms with Gasteiger partial charge in [0.05, 0.1) is 39.6 Å². The Balaban J connectivity index is 0.00000123. The molecule has 0 bridgehead atoms. The molecule has 0 radical (unpaired) electrons. The second-order valence-corrected chi connectivity index (χ2v) is 17.5. The summed E-state index contributed by atoms with van der Waals surface area (Å²) in [6, 6.07) is 6.66. The van der Waals surface area contributed by atoms with Crippen LogP contribution < -0.4 is 0 Å². The number of nitrogens with zero attached hydrogens (tertiary/aromatic N) is 2. The molecule has 2 aromatic rings. The van der Waals surface area contributed by atoms with Crippen molar-refractivity contribution in [2.45, 2.75) is 115 Å². The van der Waals surface area contributed by atoms with E-state index in [2.05, 4.69) is 27.7 Å². The second-order valence-electron chi connectivity index (χ2n) is 14.8. The molecule has 0 saturated heterocycles. The third-order valence-electron chi connectivity index (χ3n) is 9.27. The van der Waals surface area contributed by atoms with Gasteiger partial charge in [0, 0.05) is 44.7 Å². The summed E-state index contributed by atoms with van der Waals surface area (Å²) < 4.78 is 70.3. The van der Waals surface area contributed by atoms with Gasteiger partial charge in [-0.15, -0.1) is 0 Å². The van der Waals surface area contributed by atoms with Gasteiger partial charge in [-0.2, -0.15) is 16.8 Å². The van der Waals surface area contributed by atoms with Crippen LogP contribution in [-0.4, -0.2) is 145 Å². The molecule has 0 unspecified atom stereocenters. The fraction of sp³-hybridized carbons (Fsp3) is 0.750. The highest BCUT2D eigenvalue weighted by molar-refractivity contribution is 7.89. The predicted octanol–water partition coefficient (Wildman–Crippen LogP) is 4.16. The van der Waals surface area contributed by atoms with Gasteiger partial charge in [-0.05, 0) is 54.0 Å². The zero-order chi connectivity index (χ0) is 42.6. The van der Waals surface area contributed by atoms with E-state index in [0.717, 1.165) is 56.9 Å². The van der Waals surface area contributed by atoms with Crippen LogP contribution in [0.3, 0.4) is 0 Å². The van der Waals surface area contributed by atoms with Crippen LogP contribution in [0.5, 0.6) is 0 Å². The van der Waals surface area contributed by atoms with Crippen molar-refractivity contribution in [3.8, 4) is 0 Å². The lowest BCUT2D eigenvalue weighted by Crippen LogP contribution is -2.32. The smallest absolute Gasteiger partial charge is 0.296 e. The van der Waals surface area contributed by atoms with E-state index in [1.807, 2.05) is 0 Å². The molecule has 0 amide bonds. The van der Waals surface area contributed by atoms with Crippen LogP contribution >= 0.6 is 0 Å². The maximum atomic E-state index is 12.6. The quantitative estimate of drug-likeness (QED) is 0.0444. The van der Waals surface area contributed by atoms with Gasteiger partial charge < -0.3 is 30.6 Å². The third-order valence-corrected chi connectivity index (χ3v) is 11.3. The van der Waals surface area contributed by atoms with E-state index < -0.39 is 30.0 Å². The van der Waals surface area contributed by atoms with Gasteiger partial charge in [0.15, 0.2) is 0 Å². The molecule has 2 rings (SSSR count). The molecule has 0 aliphatic rings. The fourth-order valence-corrected chi connectivity index (χ4v) is 8.84. The summed E-state index contributed by atoms with van der Waals surface area (Å²) in [5.74, 6) is 1.28. The summed E-state index contributed by atoms with van der Waals surface area (Å²) in [5, 5.41) is 51.7. The molecule has 8 N–H and O–H groups in total. The van der Waals surface area contributed by atoms with Crippen LogP contribution in [0.1, 0.15) is 103 Å². The minimum absolute atomic E-state index is 0.0694. The van der Waals surface area contributed by atoms with E-state index in [0.29, 0.717) is 81.3 Å². The number of aryl methyl sites for hydroxylation is 1. The molecule has 14 nitrogen and oxygen atoms in total. The lowest BCUT2D eigenvalue weighted by Gasteiger charge is -2.20. The van der Waals surface area contributed by atoms with E-state index in [1.165, 1.54) is 12.5 Å². The average Bonchev–Trinajstić information content (AvgIpc) is 3.11. The number of benzene rings is 2. The number of rotatable bonds is 28. The van der Waals surface area contributed by atoms with Gasteiger partial charge in [-0.3, -0.25) is 18.9 Å². The van der Waals surface area contributed by atoms with Crippen molar-refractivity contribution < 1.29 is 56.6 Å². The molecular weight excluding hydrogens is 765 g/mol. The lowest BCUT2D eigenvalue weighted by atomic mass is 9.91. The van der Waals surface area contributed by atoms with Crippen molar-refractivity contribution in [3.05, 3.63) is 35.4 Å². The van der Waals surface area contributed by atoms with Crippen LogP contribution in [0, 0.1) is 11.8 Å². The van der Waals surface area contributed by atoms with Gasteiger partial charge >= 0.3 is 0 Å². The summed E-state index contributed by atoms with van der Waals surface area (Å²) in [5.41, 5.74) is 1.09.